The second kappa shape index (κ2) is 7.65. The third-order valence-corrected chi connectivity index (χ3v) is 4.88. The van der Waals surface area contributed by atoms with E-state index in [1.54, 1.807) is 19.1 Å². The molecule has 0 spiro atoms. The Hall–Kier alpha value is -2.41. The largest absolute Gasteiger partial charge is 0.494 e. The van der Waals surface area contributed by atoms with Gasteiger partial charge in [-0.25, -0.2) is 12.8 Å². The highest BCUT2D eigenvalue weighted by Gasteiger charge is 2.12. The van der Waals surface area contributed by atoms with E-state index in [4.69, 9.17) is 4.74 Å². The first-order chi connectivity index (χ1) is 11.7. The van der Waals surface area contributed by atoms with Gasteiger partial charge in [0.25, 0.3) is 0 Å². The van der Waals surface area contributed by atoms with Crippen LogP contribution in [0.5, 0.6) is 5.75 Å². The number of anilines is 1. The second-order valence-corrected chi connectivity index (χ2v) is 7.78. The average Bonchev–Trinajstić information content (AvgIpc) is 2.54. The van der Waals surface area contributed by atoms with Gasteiger partial charge in [-0.15, -0.1) is 0 Å². The fourth-order valence-electron chi connectivity index (χ4n) is 2.30. The molecule has 0 heterocycles. The zero-order chi connectivity index (χ0) is 18.6. The number of ether oxygens (including phenoxy) is 1. The van der Waals surface area contributed by atoms with Gasteiger partial charge in [-0.2, -0.15) is 0 Å². The Kier molecular flexibility index (Phi) is 5.79. The summed E-state index contributed by atoms with van der Waals surface area (Å²) in [4.78, 5) is 12.3. The lowest BCUT2D eigenvalue weighted by Gasteiger charge is -2.10. The zero-order valence-electron chi connectivity index (χ0n) is 14.3. The number of amides is 1. The van der Waals surface area contributed by atoms with E-state index in [0.29, 0.717) is 17.7 Å². The predicted octanol–water partition coefficient (Wildman–Crippen LogP) is 3.12. The first-order valence-corrected chi connectivity index (χ1v) is 9.53. The first kappa shape index (κ1) is 18.9. The molecule has 2 aromatic carbocycles. The van der Waals surface area contributed by atoms with Gasteiger partial charge in [0.2, 0.25) is 5.91 Å². The topological polar surface area (TPSA) is 72.5 Å². The molecule has 1 amide bonds. The number of carbonyl (C=O) groups excluding carboxylic acids is 1. The van der Waals surface area contributed by atoms with Crippen LogP contribution >= 0.6 is 0 Å². The maximum atomic E-state index is 13.6. The van der Waals surface area contributed by atoms with Gasteiger partial charge >= 0.3 is 0 Å². The summed E-state index contributed by atoms with van der Waals surface area (Å²) in [7, 11) is -1.96. The maximum Gasteiger partial charge on any atom is 0.224 e. The van der Waals surface area contributed by atoms with E-state index in [2.05, 4.69) is 5.32 Å². The summed E-state index contributed by atoms with van der Waals surface area (Å²) in [6, 6.07) is 9.13. The fourth-order valence-corrected chi connectivity index (χ4v) is 2.95. The van der Waals surface area contributed by atoms with E-state index >= 15 is 0 Å². The molecule has 0 unspecified atom stereocenters. The smallest absolute Gasteiger partial charge is 0.224 e. The van der Waals surface area contributed by atoms with Gasteiger partial charge in [-0.1, -0.05) is 12.1 Å². The van der Waals surface area contributed by atoms with Gasteiger partial charge in [-0.05, 0) is 48.7 Å². The van der Waals surface area contributed by atoms with Crippen LogP contribution in [-0.4, -0.2) is 27.7 Å². The Morgan fingerprint density at radius 2 is 1.92 bits per heavy atom. The number of hydrogen-bond acceptors (Lipinski definition) is 4. The van der Waals surface area contributed by atoms with Crippen LogP contribution in [0.1, 0.15) is 17.5 Å². The Bertz CT molecular complexity index is 894. The van der Waals surface area contributed by atoms with Crippen molar-refractivity contribution in [3.05, 3.63) is 53.3 Å². The van der Waals surface area contributed by atoms with Crippen LogP contribution < -0.4 is 10.1 Å². The number of benzene rings is 2. The van der Waals surface area contributed by atoms with Crippen molar-refractivity contribution in [3.63, 3.8) is 0 Å². The lowest BCUT2D eigenvalue weighted by molar-refractivity contribution is -0.116. The number of methoxy groups -OCH3 is 1. The van der Waals surface area contributed by atoms with E-state index in [1.165, 1.54) is 31.4 Å². The molecule has 0 aromatic heterocycles. The second-order valence-electron chi connectivity index (χ2n) is 5.77. The molecular weight excluding hydrogens is 345 g/mol. The van der Waals surface area contributed by atoms with Gasteiger partial charge < -0.3 is 10.1 Å². The van der Waals surface area contributed by atoms with E-state index in [9.17, 15) is 17.6 Å². The van der Waals surface area contributed by atoms with Crippen LogP contribution in [0.3, 0.4) is 0 Å². The molecule has 2 rings (SSSR count). The molecule has 0 radical (unpaired) electrons. The van der Waals surface area contributed by atoms with Gasteiger partial charge in [0, 0.05) is 18.4 Å². The highest BCUT2D eigenvalue weighted by molar-refractivity contribution is 7.90. The van der Waals surface area contributed by atoms with Gasteiger partial charge in [-0.3, -0.25) is 4.79 Å². The van der Waals surface area contributed by atoms with Gasteiger partial charge in [0.05, 0.1) is 12.0 Å². The van der Waals surface area contributed by atoms with Gasteiger partial charge in [0.1, 0.15) is 0 Å². The summed E-state index contributed by atoms with van der Waals surface area (Å²) in [5.74, 6) is -0.594. The minimum atomic E-state index is -3.35. The summed E-state index contributed by atoms with van der Waals surface area (Å²) in [5, 5.41) is 2.71. The molecule has 0 fully saturated rings. The highest BCUT2D eigenvalue weighted by atomic mass is 32.2. The van der Waals surface area contributed by atoms with Crippen LogP contribution in [0.2, 0.25) is 0 Å². The van der Waals surface area contributed by atoms with Crippen LogP contribution in [-0.2, 0) is 21.1 Å². The van der Waals surface area contributed by atoms with E-state index < -0.39 is 15.7 Å². The molecule has 0 saturated heterocycles. The molecular formula is C18H20FNO4S. The molecule has 25 heavy (non-hydrogen) atoms. The number of aryl methyl sites for hydroxylation is 2. The summed E-state index contributed by atoms with van der Waals surface area (Å²) in [5.41, 5.74) is 1.89. The number of hydrogen-bond donors (Lipinski definition) is 1. The third-order valence-electron chi connectivity index (χ3n) is 3.77. The standard InChI is InChI=1S/C18H20FNO4S/c1-12-4-7-14(25(3,22)23)11-16(12)20-18(21)9-6-13-5-8-17(24-2)15(19)10-13/h4-5,7-8,10-11H,6,9H2,1-3H3,(H,20,21). The quantitative estimate of drug-likeness (QED) is 0.854. The molecule has 0 saturated carbocycles. The molecule has 5 nitrogen and oxygen atoms in total. The average molecular weight is 365 g/mol. The molecule has 1 N–H and O–H groups in total. The highest BCUT2D eigenvalue weighted by Crippen LogP contribution is 2.21. The molecule has 0 atom stereocenters. The van der Waals surface area contributed by atoms with Crippen LogP contribution in [0.4, 0.5) is 10.1 Å². The van der Waals surface area contributed by atoms with Crippen molar-refractivity contribution in [2.75, 3.05) is 18.7 Å². The van der Waals surface area contributed by atoms with Crippen molar-refractivity contribution in [1.29, 1.82) is 0 Å². The van der Waals surface area contributed by atoms with Crippen molar-refractivity contribution in [3.8, 4) is 5.75 Å². The molecule has 0 bridgehead atoms. The summed E-state index contributed by atoms with van der Waals surface area (Å²) < 4.78 is 41.7. The predicted molar refractivity (Wildman–Crippen MR) is 94.2 cm³/mol. The lowest BCUT2D eigenvalue weighted by atomic mass is 10.1. The van der Waals surface area contributed by atoms with Gasteiger partial charge in [0.15, 0.2) is 21.4 Å². The van der Waals surface area contributed by atoms with Crippen LogP contribution in [0, 0.1) is 12.7 Å². The number of halogens is 1. The monoisotopic (exact) mass is 365 g/mol. The first-order valence-electron chi connectivity index (χ1n) is 7.63. The van der Waals surface area contributed by atoms with Crippen molar-refractivity contribution < 1.29 is 22.3 Å². The normalized spacial score (nSPS) is 11.2. The third kappa shape index (κ3) is 5.03. The maximum absolute atomic E-state index is 13.6. The summed E-state index contributed by atoms with van der Waals surface area (Å²) in [6.07, 6.45) is 1.62. The summed E-state index contributed by atoms with van der Waals surface area (Å²) in [6.45, 7) is 1.78. The molecule has 0 aliphatic rings. The molecule has 2 aromatic rings. The molecule has 7 heteroatoms. The fraction of sp³-hybridized carbons (Fsp3) is 0.278. The van der Waals surface area contributed by atoms with Crippen molar-refractivity contribution in [2.45, 2.75) is 24.7 Å². The Labute approximate surface area is 146 Å². The van der Waals surface area contributed by atoms with E-state index in [-0.39, 0.29) is 23.0 Å². The molecule has 134 valence electrons. The SMILES string of the molecule is COc1ccc(CCC(=O)Nc2cc(S(C)(=O)=O)ccc2C)cc1F. The Balaban J connectivity index is 2.04. The van der Waals surface area contributed by atoms with Crippen molar-refractivity contribution >= 4 is 21.4 Å². The summed E-state index contributed by atoms with van der Waals surface area (Å²) >= 11 is 0. The number of sulfone groups is 1. The van der Waals surface area contributed by atoms with Crippen LogP contribution in [0.25, 0.3) is 0 Å². The van der Waals surface area contributed by atoms with Crippen molar-refractivity contribution in [2.24, 2.45) is 0 Å². The number of nitrogens with one attached hydrogen (secondary N) is 1. The van der Waals surface area contributed by atoms with Crippen molar-refractivity contribution in [1.82, 2.24) is 0 Å². The number of carbonyl (C=O) groups is 1. The number of rotatable bonds is 6. The zero-order valence-corrected chi connectivity index (χ0v) is 15.1. The Morgan fingerprint density at radius 1 is 1.20 bits per heavy atom. The molecule has 0 aliphatic carbocycles. The van der Waals surface area contributed by atoms with Crippen LogP contribution in [0.15, 0.2) is 41.3 Å². The lowest BCUT2D eigenvalue weighted by Crippen LogP contribution is -2.14. The van der Waals surface area contributed by atoms with E-state index in [0.717, 1.165) is 11.8 Å². The molecule has 0 aliphatic heterocycles. The minimum absolute atomic E-state index is 0.144. The Morgan fingerprint density at radius 3 is 2.52 bits per heavy atom. The minimum Gasteiger partial charge on any atom is -0.494 e. The van der Waals surface area contributed by atoms with E-state index in [1.807, 2.05) is 0 Å².